The molecule has 0 spiro atoms. The number of aryl methyl sites for hydroxylation is 2. The predicted molar refractivity (Wildman–Crippen MR) is 294 cm³/mol. The molecular weight excluding hydrogens is 891 g/mol. The molecule has 0 atom stereocenters. The smallest absolute Gasteiger partial charge is 0.159 e. The Morgan fingerprint density at radius 3 is 1.11 bits per heavy atom. The van der Waals surface area contributed by atoms with Gasteiger partial charge in [0.2, 0.25) is 0 Å². The lowest BCUT2D eigenvalue weighted by molar-refractivity contribution is 0.626. The van der Waals surface area contributed by atoms with Crippen molar-refractivity contribution in [2.24, 2.45) is 0 Å². The lowest BCUT2D eigenvalue weighted by atomic mass is 9.91. The molecule has 0 fully saturated rings. The average Bonchev–Trinajstić information content (AvgIpc) is 4.00. The van der Waals surface area contributed by atoms with E-state index in [9.17, 15) is 8.78 Å². The number of para-hydroxylation sites is 6. The fourth-order valence-electron chi connectivity index (χ4n) is 11.4. The van der Waals surface area contributed by atoms with E-state index in [0.717, 1.165) is 144 Å². The molecule has 0 unspecified atom stereocenters. The number of rotatable bonds is 8. The highest BCUT2D eigenvalue weighted by atomic mass is 19.1. The van der Waals surface area contributed by atoms with Gasteiger partial charge < -0.3 is 18.6 Å². The van der Waals surface area contributed by atoms with Crippen LogP contribution in [0.2, 0.25) is 0 Å². The minimum atomic E-state index is -0.263. The number of benzene rings is 12. The molecule has 0 aliphatic rings. The molecule has 0 bridgehead atoms. The minimum Gasteiger partial charge on any atom is -0.453 e. The molecule has 72 heavy (non-hydrogen) atoms. The zero-order valence-electron chi connectivity index (χ0n) is 39.3. The summed E-state index contributed by atoms with van der Waals surface area (Å²) in [5.74, 6) is -0.526. The number of nitrogens with zero attached hydrogens (tertiary/aromatic N) is 2. The Balaban J connectivity index is 0.989. The van der Waals surface area contributed by atoms with E-state index in [-0.39, 0.29) is 11.6 Å². The molecule has 14 rings (SSSR count). The van der Waals surface area contributed by atoms with Gasteiger partial charge in [-0.1, -0.05) is 146 Å². The van der Waals surface area contributed by atoms with Crippen LogP contribution < -0.4 is 9.80 Å². The second kappa shape index (κ2) is 16.2. The summed E-state index contributed by atoms with van der Waals surface area (Å²) in [6.45, 7) is 3.88. The SMILES string of the molecule is Cc1cc(F)ccc1-c1cccc2c1oc1c(N(c3ccccc3)c3ccc4ccc5c(N(c6ccccc6)c6cccc7c6oc6c(-c8ccc(F)cc8C)cccc67)ccc6ccc3c4c65)cccc12. The summed E-state index contributed by atoms with van der Waals surface area (Å²) in [5.41, 5.74) is 14.2. The molecule has 0 saturated carbocycles. The zero-order valence-corrected chi connectivity index (χ0v) is 39.3. The molecule has 2 heterocycles. The van der Waals surface area contributed by atoms with Gasteiger partial charge in [0, 0.05) is 54.8 Å². The van der Waals surface area contributed by atoms with E-state index in [4.69, 9.17) is 8.83 Å². The second-order valence-corrected chi connectivity index (χ2v) is 18.7. The van der Waals surface area contributed by atoms with Crippen molar-refractivity contribution in [3.05, 3.63) is 241 Å². The number of halogens is 2. The third kappa shape index (κ3) is 6.35. The Morgan fingerprint density at radius 1 is 0.306 bits per heavy atom. The van der Waals surface area contributed by atoms with Crippen molar-refractivity contribution in [3.63, 3.8) is 0 Å². The van der Waals surface area contributed by atoms with E-state index in [1.54, 1.807) is 12.1 Å². The molecule has 14 aromatic rings. The maximum Gasteiger partial charge on any atom is 0.159 e. The molecule has 0 N–H and O–H groups in total. The largest absolute Gasteiger partial charge is 0.453 e. The summed E-state index contributed by atoms with van der Waals surface area (Å²) in [5, 5.41) is 10.7. The van der Waals surface area contributed by atoms with Crippen molar-refractivity contribution in [3.8, 4) is 22.3 Å². The Morgan fingerprint density at radius 2 is 0.694 bits per heavy atom. The first-order valence-electron chi connectivity index (χ1n) is 24.2. The van der Waals surface area contributed by atoms with Crippen LogP contribution in [0, 0.1) is 25.5 Å². The standard InChI is InChI=1S/C66H42F2N2O2/c1-39-37-43(67)29-33-47(39)49-17-9-19-51-53-21-11-23-59(65(53)71-63(49)51)69(45-13-5-3-6-14-45)57-35-27-41-26-32-56-58(36-28-42-25-31-55(57)61(41)62(42)56)70(46-15-7-4-8-16-46)60-24-12-22-54-52-20-10-18-50(64(52)72-66(54)60)48-34-30-44(68)38-40(48)2/h3-38H,1-2H3. The quantitative estimate of drug-likeness (QED) is 0.142. The molecule has 2 aromatic heterocycles. The van der Waals surface area contributed by atoms with E-state index in [1.807, 2.05) is 38.1 Å². The van der Waals surface area contributed by atoms with E-state index in [0.29, 0.717) is 0 Å². The Bertz CT molecular complexity index is 4180. The van der Waals surface area contributed by atoms with Gasteiger partial charge in [0.15, 0.2) is 11.2 Å². The molecule has 0 amide bonds. The Hall–Kier alpha value is -9.26. The van der Waals surface area contributed by atoms with Crippen LogP contribution in [0.5, 0.6) is 0 Å². The fourth-order valence-corrected chi connectivity index (χ4v) is 11.4. The van der Waals surface area contributed by atoms with Crippen LogP contribution in [-0.2, 0) is 0 Å². The highest BCUT2D eigenvalue weighted by Gasteiger charge is 2.27. The van der Waals surface area contributed by atoms with Gasteiger partial charge in [-0.2, -0.15) is 0 Å². The van der Waals surface area contributed by atoms with Crippen LogP contribution in [0.1, 0.15) is 11.1 Å². The summed E-state index contributed by atoms with van der Waals surface area (Å²) >= 11 is 0. The molecule has 0 saturated heterocycles. The number of furan rings is 2. The maximum absolute atomic E-state index is 14.4. The zero-order chi connectivity index (χ0) is 48.2. The summed E-state index contributed by atoms with van der Waals surface area (Å²) in [6.07, 6.45) is 0. The average molecular weight is 933 g/mol. The lowest BCUT2D eigenvalue weighted by Gasteiger charge is -2.29. The van der Waals surface area contributed by atoms with Gasteiger partial charge in [-0.3, -0.25) is 0 Å². The molecule has 12 aromatic carbocycles. The van der Waals surface area contributed by atoms with Gasteiger partial charge in [0.05, 0.1) is 22.7 Å². The van der Waals surface area contributed by atoms with Crippen LogP contribution in [0.25, 0.3) is 98.4 Å². The van der Waals surface area contributed by atoms with Crippen molar-refractivity contribution in [2.75, 3.05) is 9.80 Å². The number of hydrogen-bond acceptors (Lipinski definition) is 4. The van der Waals surface area contributed by atoms with Crippen molar-refractivity contribution in [2.45, 2.75) is 13.8 Å². The Labute approximate surface area is 413 Å². The minimum absolute atomic E-state index is 0.263. The van der Waals surface area contributed by atoms with Crippen LogP contribution in [0.15, 0.2) is 227 Å². The van der Waals surface area contributed by atoms with Crippen LogP contribution in [-0.4, -0.2) is 0 Å². The predicted octanol–water partition coefficient (Wildman–Crippen LogP) is 19.6. The van der Waals surface area contributed by atoms with E-state index < -0.39 is 0 Å². The van der Waals surface area contributed by atoms with Crippen molar-refractivity contribution >= 4 is 110 Å². The van der Waals surface area contributed by atoms with Gasteiger partial charge in [0.25, 0.3) is 0 Å². The van der Waals surface area contributed by atoms with Crippen LogP contribution in [0.3, 0.4) is 0 Å². The number of anilines is 6. The van der Waals surface area contributed by atoms with Gasteiger partial charge in [-0.15, -0.1) is 0 Å². The summed E-state index contributed by atoms with van der Waals surface area (Å²) in [6, 6.07) is 73.9. The molecule has 342 valence electrons. The van der Waals surface area contributed by atoms with Gasteiger partial charge >= 0.3 is 0 Å². The molecule has 0 aliphatic carbocycles. The Kier molecular flexibility index (Phi) is 9.35. The van der Waals surface area contributed by atoms with E-state index in [2.05, 4.69) is 180 Å². The lowest BCUT2D eigenvalue weighted by Crippen LogP contribution is -2.11. The molecule has 6 heteroatoms. The number of hydrogen-bond donors (Lipinski definition) is 0. The number of fused-ring (bicyclic) bond motifs is 6. The highest BCUT2D eigenvalue weighted by Crippen LogP contribution is 2.51. The highest BCUT2D eigenvalue weighted by molar-refractivity contribution is 6.29. The third-order valence-corrected chi connectivity index (χ3v) is 14.6. The molecule has 0 aliphatic heterocycles. The van der Waals surface area contributed by atoms with Crippen molar-refractivity contribution in [1.82, 2.24) is 0 Å². The summed E-state index contributed by atoms with van der Waals surface area (Å²) < 4.78 is 42.8. The first kappa shape index (κ1) is 41.7. The normalized spacial score (nSPS) is 11.9. The molecule has 4 nitrogen and oxygen atoms in total. The summed E-state index contributed by atoms with van der Waals surface area (Å²) in [4.78, 5) is 4.64. The maximum atomic E-state index is 14.4. The topological polar surface area (TPSA) is 32.8 Å². The van der Waals surface area contributed by atoms with Gasteiger partial charge in [-0.25, -0.2) is 8.78 Å². The third-order valence-electron chi connectivity index (χ3n) is 14.6. The van der Waals surface area contributed by atoms with Gasteiger partial charge in [0.1, 0.15) is 22.8 Å². The monoisotopic (exact) mass is 932 g/mol. The van der Waals surface area contributed by atoms with Crippen molar-refractivity contribution in [1.29, 1.82) is 0 Å². The van der Waals surface area contributed by atoms with Crippen molar-refractivity contribution < 1.29 is 17.6 Å². The molecule has 0 radical (unpaired) electrons. The van der Waals surface area contributed by atoms with E-state index >= 15 is 0 Å². The summed E-state index contributed by atoms with van der Waals surface area (Å²) in [7, 11) is 0. The van der Waals surface area contributed by atoms with Crippen LogP contribution >= 0.6 is 0 Å². The second-order valence-electron chi connectivity index (χ2n) is 18.7. The van der Waals surface area contributed by atoms with Crippen LogP contribution in [0.4, 0.5) is 42.9 Å². The van der Waals surface area contributed by atoms with E-state index in [1.165, 1.54) is 12.1 Å². The van der Waals surface area contributed by atoms with Gasteiger partial charge in [-0.05, 0) is 130 Å². The fraction of sp³-hybridized carbons (Fsp3) is 0.0303. The first-order valence-corrected chi connectivity index (χ1v) is 24.2. The molecular formula is C66H42F2N2O2. The first-order chi connectivity index (χ1) is 35.4.